The Labute approximate surface area is 106 Å². The highest BCUT2D eigenvalue weighted by atomic mass is 16.1. The highest BCUT2D eigenvalue weighted by molar-refractivity contribution is 6.12. The quantitative estimate of drug-likeness (QED) is 0.631. The SMILES string of the molecule is CCCn1c2ccccc2c2cccc(C=O)c21. The van der Waals surface area contributed by atoms with E-state index < -0.39 is 0 Å². The molecule has 90 valence electrons. The van der Waals surface area contributed by atoms with Gasteiger partial charge in [-0.1, -0.05) is 37.3 Å². The van der Waals surface area contributed by atoms with E-state index in [-0.39, 0.29) is 0 Å². The van der Waals surface area contributed by atoms with Gasteiger partial charge in [-0.05, 0) is 18.6 Å². The first-order valence-corrected chi connectivity index (χ1v) is 6.32. The summed E-state index contributed by atoms with van der Waals surface area (Å²) in [5.41, 5.74) is 3.05. The van der Waals surface area contributed by atoms with Gasteiger partial charge in [0, 0.05) is 28.4 Å². The minimum atomic E-state index is 0.775. The molecule has 3 aromatic rings. The Hall–Kier alpha value is -2.09. The summed E-state index contributed by atoms with van der Waals surface area (Å²) in [4.78, 5) is 11.2. The van der Waals surface area contributed by atoms with Crippen molar-refractivity contribution in [3.63, 3.8) is 0 Å². The van der Waals surface area contributed by atoms with E-state index in [1.807, 2.05) is 24.3 Å². The fraction of sp³-hybridized carbons (Fsp3) is 0.188. The van der Waals surface area contributed by atoms with Crippen LogP contribution in [0.3, 0.4) is 0 Å². The lowest BCUT2D eigenvalue weighted by Gasteiger charge is -2.06. The van der Waals surface area contributed by atoms with E-state index in [1.165, 1.54) is 16.3 Å². The van der Waals surface area contributed by atoms with Crippen LogP contribution in [0.15, 0.2) is 42.5 Å². The number of aromatic nitrogens is 1. The Balaban J connectivity index is 2.53. The molecule has 2 nitrogen and oxygen atoms in total. The van der Waals surface area contributed by atoms with Gasteiger partial charge in [-0.3, -0.25) is 4.79 Å². The molecule has 0 spiro atoms. The largest absolute Gasteiger partial charge is 0.340 e. The predicted octanol–water partition coefficient (Wildman–Crippen LogP) is 4.02. The number of benzene rings is 2. The van der Waals surface area contributed by atoms with Crippen molar-refractivity contribution in [2.75, 3.05) is 0 Å². The molecule has 0 aliphatic carbocycles. The number of rotatable bonds is 3. The highest BCUT2D eigenvalue weighted by Crippen LogP contribution is 2.30. The van der Waals surface area contributed by atoms with E-state index in [2.05, 4.69) is 29.7 Å². The van der Waals surface area contributed by atoms with Gasteiger partial charge in [0.25, 0.3) is 0 Å². The van der Waals surface area contributed by atoms with Crippen molar-refractivity contribution in [1.82, 2.24) is 4.57 Å². The van der Waals surface area contributed by atoms with Crippen LogP contribution in [0.5, 0.6) is 0 Å². The molecule has 0 aliphatic rings. The van der Waals surface area contributed by atoms with E-state index in [1.54, 1.807) is 0 Å². The van der Waals surface area contributed by atoms with Gasteiger partial charge < -0.3 is 4.57 Å². The number of aryl methyl sites for hydroxylation is 1. The Kier molecular flexibility index (Phi) is 2.63. The van der Waals surface area contributed by atoms with Gasteiger partial charge in [-0.25, -0.2) is 0 Å². The van der Waals surface area contributed by atoms with Gasteiger partial charge in [0.1, 0.15) is 0 Å². The van der Waals surface area contributed by atoms with E-state index in [0.717, 1.165) is 30.3 Å². The van der Waals surface area contributed by atoms with Crippen LogP contribution in [0.2, 0.25) is 0 Å². The number of para-hydroxylation sites is 2. The summed E-state index contributed by atoms with van der Waals surface area (Å²) in [6.07, 6.45) is 2.01. The van der Waals surface area contributed by atoms with Crippen molar-refractivity contribution in [2.45, 2.75) is 19.9 Å². The van der Waals surface area contributed by atoms with Crippen LogP contribution in [0, 0.1) is 0 Å². The fourth-order valence-corrected chi connectivity index (χ4v) is 2.69. The second-order valence-electron chi connectivity index (χ2n) is 4.53. The Morgan fingerprint density at radius 3 is 2.61 bits per heavy atom. The van der Waals surface area contributed by atoms with Crippen LogP contribution in [0.25, 0.3) is 21.8 Å². The summed E-state index contributed by atoms with van der Waals surface area (Å²) in [5, 5.41) is 2.40. The minimum Gasteiger partial charge on any atom is -0.340 e. The van der Waals surface area contributed by atoms with Gasteiger partial charge in [-0.2, -0.15) is 0 Å². The molecule has 0 unspecified atom stereocenters. The monoisotopic (exact) mass is 237 g/mol. The molecule has 1 heterocycles. The molecule has 18 heavy (non-hydrogen) atoms. The van der Waals surface area contributed by atoms with Crippen molar-refractivity contribution in [1.29, 1.82) is 0 Å². The minimum absolute atomic E-state index is 0.775. The summed E-state index contributed by atoms with van der Waals surface area (Å²) in [5.74, 6) is 0. The number of fused-ring (bicyclic) bond motifs is 3. The van der Waals surface area contributed by atoms with Crippen molar-refractivity contribution in [2.24, 2.45) is 0 Å². The normalized spacial score (nSPS) is 11.2. The molecule has 0 saturated heterocycles. The lowest BCUT2D eigenvalue weighted by atomic mass is 10.1. The number of hydrogen-bond donors (Lipinski definition) is 0. The van der Waals surface area contributed by atoms with Gasteiger partial charge in [0.2, 0.25) is 0 Å². The van der Waals surface area contributed by atoms with Crippen molar-refractivity contribution in [3.05, 3.63) is 48.0 Å². The zero-order chi connectivity index (χ0) is 12.5. The van der Waals surface area contributed by atoms with Gasteiger partial charge in [0.15, 0.2) is 6.29 Å². The molecular weight excluding hydrogens is 222 g/mol. The summed E-state index contributed by atoms with van der Waals surface area (Å²) < 4.78 is 2.26. The fourth-order valence-electron chi connectivity index (χ4n) is 2.69. The van der Waals surface area contributed by atoms with Crippen LogP contribution in [0.4, 0.5) is 0 Å². The lowest BCUT2D eigenvalue weighted by molar-refractivity contribution is 0.112. The van der Waals surface area contributed by atoms with Crippen LogP contribution in [-0.2, 0) is 6.54 Å². The third-order valence-electron chi connectivity index (χ3n) is 3.40. The third kappa shape index (κ3) is 1.46. The molecular formula is C16H15NO. The van der Waals surface area contributed by atoms with Crippen molar-refractivity contribution in [3.8, 4) is 0 Å². The molecule has 0 fully saturated rings. The molecule has 0 saturated carbocycles. The molecule has 0 amide bonds. The van der Waals surface area contributed by atoms with Gasteiger partial charge in [0.05, 0.1) is 5.52 Å². The number of nitrogens with zero attached hydrogens (tertiary/aromatic N) is 1. The number of carbonyl (C=O) groups excluding carboxylic acids is 1. The molecule has 1 aromatic heterocycles. The highest BCUT2D eigenvalue weighted by Gasteiger charge is 2.12. The number of carbonyl (C=O) groups is 1. The van der Waals surface area contributed by atoms with Crippen LogP contribution in [0.1, 0.15) is 23.7 Å². The maximum Gasteiger partial charge on any atom is 0.152 e. The summed E-state index contributed by atoms with van der Waals surface area (Å²) in [7, 11) is 0. The molecule has 0 radical (unpaired) electrons. The number of hydrogen-bond acceptors (Lipinski definition) is 1. The molecule has 0 aliphatic heterocycles. The van der Waals surface area contributed by atoms with E-state index in [9.17, 15) is 4.79 Å². The van der Waals surface area contributed by atoms with Crippen molar-refractivity contribution >= 4 is 28.1 Å². The predicted molar refractivity (Wildman–Crippen MR) is 75.1 cm³/mol. The van der Waals surface area contributed by atoms with Crippen LogP contribution >= 0.6 is 0 Å². The zero-order valence-corrected chi connectivity index (χ0v) is 10.4. The van der Waals surface area contributed by atoms with E-state index in [0.29, 0.717) is 0 Å². The summed E-state index contributed by atoms with van der Waals surface area (Å²) in [6.45, 7) is 3.10. The van der Waals surface area contributed by atoms with E-state index >= 15 is 0 Å². The van der Waals surface area contributed by atoms with Gasteiger partial charge >= 0.3 is 0 Å². The standard InChI is InChI=1S/C16H15NO/c1-2-10-17-15-9-4-3-7-13(15)14-8-5-6-12(11-18)16(14)17/h3-9,11H,2,10H2,1H3. The average molecular weight is 237 g/mol. The van der Waals surface area contributed by atoms with E-state index in [4.69, 9.17) is 0 Å². The maximum atomic E-state index is 11.2. The Morgan fingerprint density at radius 2 is 1.83 bits per heavy atom. The maximum absolute atomic E-state index is 11.2. The average Bonchev–Trinajstić information content (AvgIpc) is 2.74. The second kappa shape index (κ2) is 4.30. The van der Waals surface area contributed by atoms with Gasteiger partial charge in [-0.15, -0.1) is 0 Å². The van der Waals surface area contributed by atoms with Crippen molar-refractivity contribution < 1.29 is 4.79 Å². The smallest absolute Gasteiger partial charge is 0.152 e. The topological polar surface area (TPSA) is 22.0 Å². The Morgan fingerprint density at radius 1 is 1.06 bits per heavy atom. The lowest BCUT2D eigenvalue weighted by Crippen LogP contribution is -1.98. The summed E-state index contributed by atoms with van der Waals surface area (Å²) in [6, 6.07) is 14.3. The zero-order valence-electron chi connectivity index (χ0n) is 10.4. The molecule has 0 bridgehead atoms. The third-order valence-corrected chi connectivity index (χ3v) is 3.40. The first kappa shape index (κ1) is 11.0. The molecule has 3 rings (SSSR count). The first-order valence-electron chi connectivity index (χ1n) is 6.32. The summed E-state index contributed by atoms with van der Waals surface area (Å²) >= 11 is 0. The molecule has 2 heteroatoms. The van der Waals surface area contributed by atoms with Crippen LogP contribution < -0.4 is 0 Å². The second-order valence-corrected chi connectivity index (χ2v) is 4.53. The van der Waals surface area contributed by atoms with Crippen LogP contribution in [-0.4, -0.2) is 10.9 Å². The Bertz CT molecular complexity index is 724. The molecule has 2 aromatic carbocycles. The first-order chi connectivity index (χ1) is 8.86. The number of aldehydes is 1. The molecule has 0 N–H and O–H groups in total. The molecule has 0 atom stereocenters.